The summed E-state index contributed by atoms with van der Waals surface area (Å²) < 4.78 is 23.3. The molecule has 6 nitrogen and oxygen atoms in total. The minimum absolute atomic E-state index is 0.0571. The summed E-state index contributed by atoms with van der Waals surface area (Å²) in [6, 6.07) is 10.7. The van der Waals surface area contributed by atoms with E-state index in [1.54, 1.807) is 35.2 Å². The molecule has 0 aliphatic carbocycles. The van der Waals surface area contributed by atoms with E-state index < -0.39 is 17.4 Å². The lowest BCUT2D eigenvalue weighted by Crippen LogP contribution is -2.31. The average Bonchev–Trinajstić information content (AvgIpc) is 3.37. The number of ether oxygens (including phenoxy) is 1. The molecular weight excluding hydrogens is 517 g/mol. The Bertz CT molecular complexity index is 1560. The fourth-order valence-electron chi connectivity index (χ4n) is 4.92. The zero-order chi connectivity index (χ0) is 28.3. The quantitative estimate of drug-likeness (QED) is 0.195. The maximum Gasteiger partial charge on any atom is 0.262 e. The number of aryl methyl sites for hydroxylation is 1. The van der Waals surface area contributed by atoms with Gasteiger partial charge in [0.2, 0.25) is 0 Å². The number of carbonyl (C=O) groups is 1. The van der Waals surface area contributed by atoms with Crippen LogP contribution in [0.2, 0.25) is 5.02 Å². The fourth-order valence-corrected chi connectivity index (χ4v) is 5.14. The molecule has 204 valence electrons. The predicted octanol–water partition coefficient (Wildman–Crippen LogP) is 7.28. The van der Waals surface area contributed by atoms with E-state index in [-0.39, 0.29) is 27.9 Å². The largest absolute Gasteiger partial charge is 0.495 e. The number of carbonyl (C=O) groups excluding carboxylic acids is 1. The summed E-state index contributed by atoms with van der Waals surface area (Å²) in [5.74, 6) is -0.215. The molecule has 0 saturated carbocycles. The van der Waals surface area contributed by atoms with E-state index >= 15 is 0 Å². The van der Waals surface area contributed by atoms with Crippen LogP contribution in [0.1, 0.15) is 84.7 Å². The summed E-state index contributed by atoms with van der Waals surface area (Å²) in [6.45, 7) is 8.04. The van der Waals surface area contributed by atoms with Crippen LogP contribution in [0.4, 0.5) is 4.39 Å². The molecule has 2 aromatic carbocycles. The number of imidazole rings is 1. The van der Waals surface area contributed by atoms with Gasteiger partial charge in [0.25, 0.3) is 5.56 Å². The Hall–Kier alpha value is -3.71. The molecule has 8 heteroatoms. The molecule has 0 radical (unpaired) electrons. The maximum atomic E-state index is 14.5. The molecule has 2 heterocycles. The van der Waals surface area contributed by atoms with Gasteiger partial charge in [0.05, 0.1) is 41.4 Å². The molecule has 4 aromatic rings. The number of benzene rings is 2. The molecule has 0 aliphatic rings. The zero-order valence-corrected chi connectivity index (χ0v) is 23.6. The summed E-state index contributed by atoms with van der Waals surface area (Å²) in [6.07, 6.45) is 7.24. The lowest BCUT2D eigenvalue weighted by Gasteiger charge is -2.25. The minimum atomic E-state index is -0.478. The molecular formula is C31H33ClFN3O3. The van der Waals surface area contributed by atoms with Crippen molar-refractivity contribution in [2.24, 2.45) is 0 Å². The van der Waals surface area contributed by atoms with Gasteiger partial charge in [-0.1, -0.05) is 44.9 Å². The molecule has 0 saturated heterocycles. The van der Waals surface area contributed by atoms with E-state index in [9.17, 15) is 14.0 Å². The molecule has 39 heavy (non-hydrogen) atoms. The average molecular weight is 550 g/mol. The van der Waals surface area contributed by atoms with Gasteiger partial charge in [-0.25, -0.2) is 9.37 Å². The number of halogens is 2. The Morgan fingerprint density at radius 2 is 1.87 bits per heavy atom. The number of rotatable bonds is 10. The monoisotopic (exact) mass is 549 g/mol. The molecule has 2 atom stereocenters. The molecule has 0 spiro atoms. The number of hydrogen-bond donors (Lipinski definition) is 0. The normalized spacial score (nSPS) is 12.8. The van der Waals surface area contributed by atoms with Gasteiger partial charge in [-0.05, 0) is 73.2 Å². The van der Waals surface area contributed by atoms with Gasteiger partial charge in [0.15, 0.2) is 5.78 Å². The van der Waals surface area contributed by atoms with E-state index in [2.05, 4.69) is 18.8 Å². The van der Waals surface area contributed by atoms with E-state index in [1.165, 1.54) is 36.1 Å². The van der Waals surface area contributed by atoms with Crippen LogP contribution in [-0.4, -0.2) is 27.0 Å². The third-order valence-corrected chi connectivity index (χ3v) is 7.34. The number of ketones is 1. The van der Waals surface area contributed by atoms with Crippen LogP contribution in [0.5, 0.6) is 5.75 Å². The van der Waals surface area contributed by atoms with Crippen LogP contribution >= 0.6 is 11.6 Å². The fraction of sp³-hybridized carbons (Fsp3) is 0.323. The van der Waals surface area contributed by atoms with Crippen molar-refractivity contribution in [2.45, 2.75) is 58.9 Å². The summed E-state index contributed by atoms with van der Waals surface area (Å²) in [5, 5.41) is 0.248. The summed E-state index contributed by atoms with van der Waals surface area (Å²) in [7, 11) is 1.52. The van der Waals surface area contributed by atoms with E-state index in [0.29, 0.717) is 17.9 Å². The van der Waals surface area contributed by atoms with Crippen molar-refractivity contribution in [1.82, 2.24) is 14.1 Å². The SMILES string of the molecule is CCCC(c1cc(F)ccc1C(C)CC)n1cc(Cl)cc(C(=O)c2ccc(-n3cnc(C)c3)c(OC)c2)c1=O. The first-order valence-electron chi connectivity index (χ1n) is 13.1. The highest BCUT2D eigenvalue weighted by Gasteiger charge is 2.25. The van der Waals surface area contributed by atoms with Gasteiger partial charge in [-0.3, -0.25) is 9.59 Å². The predicted molar refractivity (Wildman–Crippen MR) is 152 cm³/mol. The first-order valence-corrected chi connectivity index (χ1v) is 13.5. The van der Waals surface area contributed by atoms with Gasteiger partial charge < -0.3 is 13.9 Å². The third kappa shape index (κ3) is 5.83. The van der Waals surface area contributed by atoms with Gasteiger partial charge in [0, 0.05) is 18.0 Å². The van der Waals surface area contributed by atoms with Crippen molar-refractivity contribution in [1.29, 1.82) is 0 Å². The highest BCUT2D eigenvalue weighted by Crippen LogP contribution is 2.33. The van der Waals surface area contributed by atoms with Crippen LogP contribution in [0.25, 0.3) is 5.69 Å². The summed E-state index contributed by atoms with van der Waals surface area (Å²) in [4.78, 5) is 31.8. The van der Waals surface area contributed by atoms with Gasteiger partial charge in [-0.15, -0.1) is 0 Å². The van der Waals surface area contributed by atoms with Gasteiger partial charge >= 0.3 is 0 Å². The molecule has 2 unspecified atom stereocenters. The highest BCUT2D eigenvalue weighted by atomic mass is 35.5. The lowest BCUT2D eigenvalue weighted by molar-refractivity contribution is 0.103. The Kier molecular flexibility index (Phi) is 8.70. The Morgan fingerprint density at radius 1 is 1.10 bits per heavy atom. The van der Waals surface area contributed by atoms with Crippen LogP contribution in [0.3, 0.4) is 0 Å². The van der Waals surface area contributed by atoms with Crippen molar-refractivity contribution in [3.63, 3.8) is 0 Å². The van der Waals surface area contributed by atoms with Crippen molar-refractivity contribution in [3.05, 3.63) is 110 Å². The lowest BCUT2D eigenvalue weighted by atomic mass is 9.88. The smallest absolute Gasteiger partial charge is 0.262 e. The number of aromatic nitrogens is 3. The van der Waals surface area contributed by atoms with Crippen LogP contribution in [-0.2, 0) is 0 Å². The number of pyridine rings is 1. The van der Waals surface area contributed by atoms with Crippen molar-refractivity contribution in [3.8, 4) is 11.4 Å². The summed E-state index contributed by atoms with van der Waals surface area (Å²) in [5.41, 5.74) is 3.02. The topological polar surface area (TPSA) is 66.1 Å². The van der Waals surface area contributed by atoms with Crippen molar-refractivity contribution < 1.29 is 13.9 Å². The van der Waals surface area contributed by atoms with Crippen molar-refractivity contribution >= 4 is 17.4 Å². The van der Waals surface area contributed by atoms with E-state index in [0.717, 1.165) is 29.7 Å². The molecule has 0 amide bonds. The summed E-state index contributed by atoms with van der Waals surface area (Å²) >= 11 is 6.49. The van der Waals surface area contributed by atoms with Crippen molar-refractivity contribution in [2.75, 3.05) is 7.11 Å². The Labute approximate surface area is 233 Å². The Balaban J connectivity index is 1.82. The first kappa shape index (κ1) is 28.3. The highest BCUT2D eigenvalue weighted by molar-refractivity contribution is 6.31. The second kappa shape index (κ2) is 12.0. The zero-order valence-electron chi connectivity index (χ0n) is 22.9. The Morgan fingerprint density at radius 3 is 2.51 bits per heavy atom. The first-order chi connectivity index (χ1) is 18.7. The standard InChI is InChI=1S/C31H33ClFN3O3/c1-6-8-27(25-15-23(33)10-11-24(25)19(3)7-2)36-17-22(32)14-26(31(36)38)30(37)21-9-12-28(29(13-21)39-5)35-16-20(4)34-18-35/h9-19,27H,6-8H2,1-5H3. The van der Waals surface area contributed by atoms with E-state index in [1.807, 2.05) is 20.0 Å². The number of methoxy groups -OCH3 is 1. The van der Waals surface area contributed by atoms with Crippen LogP contribution in [0, 0.1) is 12.7 Å². The van der Waals surface area contributed by atoms with Crippen LogP contribution < -0.4 is 10.3 Å². The maximum absolute atomic E-state index is 14.5. The molecule has 0 aliphatic heterocycles. The molecule has 0 N–H and O–H groups in total. The number of nitrogens with zero attached hydrogens (tertiary/aromatic N) is 3. The molecule has 0 fully saturated rings. The second-order valence-electron chi connectivity index (χ2n) is 9.81. The van der Waals surface area contributed by atoms with Crippen LogP contribution in [0.15, 0.2) is 66.0 Å². The van der Waals surface area contributed by atoms with E-state index in [4.69, 9.17) is 16.3 Å². The number of hydrogen-bond acceptors (Lipinski definition) is 4. The van der Waals surface area contributed by atoms with Gasteiger partial charge in [-0.2, -0.15) is 0 Å². The van der Waals surface area contributed by atoms with Gasteiger partial charge in [0.1, 0.15) is 11.6 Å². The third-order valence-electron chi connectivity index (χ3n) is 7.13. The minimum Gasteiger partial charge on any atom is -0.495 e. The second-order valence-corrected chi connectivity index (χ2v) is 10.2. The molecule has 2 aromatic heterocycles. The molecule has 4 rings (SSSR count). The molecule has 0 bridgehead atoms.